The number of halogens is 3. The molecule has 0 unspecified atom stereocenters. The van der Waals surface area contributed by atoms with E-state index in [0.29, 0.717) is 6.54 Å². The van der Waals surface area contributed by atoms with Crippen molar-refractivity contribution in [3.63, 3.8) is 0 Å². The molecule has 0 aromatic carbocycles. The Morgan fingerprint density at radius 2 is 2.00 bits per heavy atom. The fraction of sp³-hybridized carbons (Fsp3) is 0.526. The Kier molecular flexibility index (Phi) is 6.49. The second kappa shape index (κ2) is 8.90. The molecule has 0 spiro atoms. The lowest BCUT2D eigenvalue weighted by molar-refractivity contribution is -0.192. The molecule has 8 nitrogen and oxygen atoms in total. The van der Waals surface area contributed by atoms with E-state index in [2.05, 4.69) is 19.8 Å². The maximum Gasteiger partial charge on any atom is 0.490 e. The summed E-state index contributed by atoms with van der Waals surface area (Å²) in [6.07, 6.45) is -1.11. The number of hydrogen-bond acceptors (Lipinski definition) is 5. The van der Waals surface area contributed by atoms with Gasteiger partial charge in [0.1, 0.15) is 17.3 Å². The molecule has 164 valence electrons. The number of aliphatic carboxylic acids is 1. The predicted molar refractivity (Wildman–Crippen MR) is 98.0 cm³/mol. The van der Waals surface area contributed by atoms with Crippen LogP contribution in [0, 0.1) is 12.8 Å². The lowest BCUT2D eigenvalue weighted by Gasteiger charge is -2.27. The second-order valence-electron chi connectivity index (χ2n) is 7.34. The third-order valence-electron chi connectivity index (χ3n) is 4.84. The Hall–Kier alpha value is -2.82. The lowest BCUT2D eigenvalue weighted by Crippen LogP contribution is -2.34. The smallest absolute Gasteiger partial charge is 0.475 e. The summed E-state index contributed by atoms with van der Waals surface area (Å²) >= 11 is 0. The van der Waals surface area contributed by atoms with E-state index in [-0.39, 0.29) is 11.8 Å². The van der Waals surface area contributed by atoms with E-state index in [1.165, 1.54) is 0 Å². The molecule has 1 saturated carbocycles. The first-order valence-electron chi connectivity index (χ1n) is 9.52. The van der Waals surface area contributed by atoms with Crippen LogP contribution in [0.2, 0.25) is 0 Å². The van der Waals surface area contributed by atoms with E-state index in [1.54, 1.807) is 0 Å². The Morgan fingerprint density at radius 3 is 2.57 bits per heavy atom. The molecule has 1 aliphatic heterocycles. The number of carboxylic acid groups (broad SMARTS) is 1. The van der Waals surface area contributed by atoms with Gasteiger partial charge in [-0.05, 0) is 31.9 Å². The van der Waals surface area contributed by atoms with Crippen molar-refractivity contribution in [2.45, 2.75) is 52.1 Å². The first-order valence-corrected chi connectivity index (χ1v) is 9.52. The molecule has 2 N–H and O–H groups in total. The summed E-state index contributed by atoms with van der Waals surface area (Å²) in [6, 6.07) is 4.04. The van der Waals surface area contributed by atoms with Gasteiger partial charge in [-0.3, -0.25) is 9.69 Å². The van der Waals surface area contributed by atoms with Crippen molar-refractivity contribution in [2.75, 3.05) is 6.54 Å². The SMILES string of the molecule is Cc1ccc(CN2CCn3c(CNC(=O)C4CC4)cnc3C2)o1.O=C(O)C(F)(F)F. The van der Waals surface area contributed by atoms with E-state index in [0.717, 1.165) is 62.1 Å². The first kappa shape index (κ1) is 21.9. The molecule has 2 aromatic heterocycles. The van der Waals surface area contributed by atoms with E-state index in [9.17, 15) is 18.0 Å². The minimum Gasteiger partial charge on any atom is -0.475 e. The molecule has 2 aliphatic rings. The van der Waals surface area contributed by atoms with Crippen LogP contribution < -0.4 is 5.32 Å². The molecule has 2 aromatic rings. The first-order chi connectivity index (χ1) is 14.1. The van der Waals surface area contributed by atoms with Crippen LogP contribution in [0.1, 0.15) is 35.9 Å². The standard InChI is InChI=1S/C17H22N4O2.C2HF3O2/c1-12-2-5-15(23-12)10-20-6-7-21-14(8-18-16(21)11-20)9-19-17(22)13-3-4-13;3-2(4,5)1(6)7/h2,5,8,13H,3-4,6-7,9-11H2,1H3,(H,19,22);(H,6,7). The highest BCUT2D eigenvalue weighted by molar-refractivity contribution is 5.80. The fourth-order valence-electron chi connectivity index (χ4n) is 3.11. The van der Waals surface area contributed by atoms with Crippen molar-refractivity contribution in [2.24, 2.45) is 5.92 Å². The van der Waals surface area contributed by atoms with Crippen molar-refractivity contribution < 1.29 is 32.3 Å². The Labute approximate surface area is 170 Å². The van der Waals surface area contributed by atoms with Crippen LogP contribution in [0.15, 0.2) is 22.7 Å². The average Bonchev–Trinajstić information content (AvgIpc) is 3.34. The van der Waals surface area contributed by atoms with Crippen LogP contribution in [0.3, 0.4) is 0 Å². The van der Waals surface area contributed by atoms with E-state index in [1.807, 2.05) is 25.3 Å². The molecule has 0 radical (unpaired) electrons. The van der Waals surface area contributed by atoms with Crippen molar-refractivity contribution in [1.82, 2.24) is 19.8 Å². The highest BCUT2D eigenvalue weighted by Gasteiger charge is 2.38. The summed E-state index contributed by atoms with van der Waals surface area (Å²) in [5.41, 5.74) is 1.10. The van der Waals surface area contributed by atoms with E-state index in [4.69, 9.17) is 14.3 Å². The third-order valence-corrected chi connectivity index (χ3v) is 4.84. The van der Waals surface area contributed by atoms with Crippen LogP contribution in [0.5, 0.6) is 0 Å². The van der Waals surface area contributed by atoms with Crippen LogP contribution in [-0.2, 0) is 35.8 Å². The van der Waals surface area contributed by atoms with Crippen molar-refractivity contribution in [1.29, 1.82) is 0 Å². The highest BCUT2D eigenvalue weighted by Crippen LogP contribution is 2.28. The summed E-state index contributed by atoms with van der Waals surface area (Å²) in [7, 11) is 0. The number of furan rings is 1. The monoisotopic (exact) mass is 428 g/mol. The van der Waals surface area contributed by atoms with E-state index >= 15 is 0 Å². The number of alkyl halides is 3. The topological polar surface area (TPSA) is 101 Å². The quantitative estimate of drug-likeness (QED) is 0.759. The normalized spacial score (nSPS) is 16.4. The number of rotatable bonds is 5. The minimum absolute atomic E-state index is 0.186. The van der Waals surface area contributed by atoms with Crippen LogP contribution in [0.4, 0.5) is 13.2 Å². The minimum atomic E-state index is -5.08. The molecule has 1 fully saturated rings. The maximum absolute atomic E-state index is 11.8. The molecule has 0 bridgehead atoms. The maximum atomic E-state index is 11.8. The number of carbonyl (C=O) groups is 2. The van der Waals surface area contributed by atoms with Crippen molar-refractivity contribution in [3.8, 4) is 0 Å². The summed E-state index contributed by atoms with van der Waals surface area (Å²) in [5.74, 6) is 0.700. The summed E-state index contributed by atoms with van der Waals surface area (Å²) in [5, 5.41) is 10.1. The molecule has 1 amide bonds. The van der Waals surface area contributed by atoms with Gasteiger partial charge in [0.15, 0.2) is 0 Å². The number of hydrogen-bond donors (Lipinski definition) is 2. The third kappa shape index (κ3) is 5.85. The van der Waals surface area contributed by atoms with Crippen LogP contribution in [0.25, 0.3) is 0 Å². The Morgan fingerprint density at radius 1 is 1.30 bits per heavy atom. The van der Waals surface area contributed by atoms with Crippen molar-refractivity contribution in [3.05, 3.63) is 41.4 Å². The van der Waals surface area contributed by atoms with Gasteiger partial charge in [-0.15, -0.1) is 0 Å². The molecule has 1 aliphatic carbocycles. The van der Waals surface area contributed by atoms with Gasteiger partial charge in [0, 0.05) is 19.0 Å². The van der Waals surface area contributed by atoms with Gasteiger partial charge in [0.05, 0.1) is 31.5 Å². The molecule has 4 rings (SSSR count). The number of aromatic nitrogens is 2. The molecular formula is C19H23F3N4O4. The zero-order chi connectivity index (χ0) is 21.9. The molecule has 30 heavy (non-hydrogen) atoms. The highest BCUT2D eigenvalue weighted by atomic mass is 19.4. The number of carboxylic acids is 1. The molecule has 0 atom stereocenters. The number of carbonyl (C=O) groups excluding carboxylic acids is 1. The Bertz CT molecular complexity index is 902. The number of aryl methyl sites for hydroxylation is 1. The summed E-state index contributed by atoms with van der Waals surface area (Å²) in [6.45, 7) is 6.05. The largest absolute Gasteiger partial charge is 0.490 e. The zero-order valence-corrected chi connectivity index (χ0v) is 16.4. The van der Waals surface area contributed by atoms with Gasteiger partial charge in [0.2, 0.25) is 5.91 Å². The number of amides is 1. The molecular weight excluding hydrogens is 405 g/mol. The fourth-order valence-corrected chi connectivity index (χ4v) is 3.11. The van der Waals surface area contributed by atoms with Gasteiger partial charge in [0.25, 0.3) is 0 Å². The second-order valence-corrected chi connectivity index (χ2v) is 7.34. The number of nitrogens with one attached hydrogen (secondary N) is 1. The molecule has 11 heteroatoms. The van der Waals surface area contributed by atoms with Gasteiger partial charge < -0.3 is 19.4 Å². The molecule has 3 heterocycles. The molecule has 0 saturated heterocycles. The van der Waals surface area contributed by atoms with Gasteiger partial charge in [-0.1, -0.05) is 0 Å². The number of nitrogens with zero attached hydrogens (tertiary/aromatic N) is 3. The number of imidazole rings is 1. The summed E-state index contributed by atoms with van der Waals surface area (Å²) < 4.78 is 39.6. The number of fused-ring (bicyclic) bond motifs is 1. The van der Waals surface area contributed by atoms with Crippen LogP contribution in [-0.4, -0.2) is 44.2 Å². The zero-order valence-electron chi connectivity index (χ0n) is 16.4. The lowest BCUT2D eigenvalue weighted by atomic mass is 10.3. The van der Waals surface area contributed by atoms with E-state index < -0.39 is 12.1 Å². The Balaban J connectivity index is 0.000000318. The summed E-state index contributed by atoms with van der Waals surface area (Å²) in [4.78, 5) is 27.5. The van der Waals surface area contributed by atoms with Gasteiger partial charge in [-0.25, -0.2) is 9.78 Å². The van der Waals surface area contributed by atoms with Gasteiger partial charge in [-0.2, -0.15) is 13.2 Å². The van der Waals surface area contributed by atoms with Crippen molar-refractivity contribution >= 4 is 11.9 Å². The van der Waals surface area contributed by atoms with Crippen LogP contribution >= 0.6 is 0 Å². The average molecular weight is 428 g/mol. The predicted octanol–water partition coefficient (Wildman–Crippen LogP) is 2.46. The van der Waals surface area contributed by atoms with Gasteiger partial charge >= 0.3 is 12.1 Å².